The largest absolute Gasteiger partial charge is 0.493 e. The zero-order valence-electron chi connectivity index (χ0n) is 16.4. The molecule has 1 N–H and O–H groups in total. The SMILES string of the molecule is O=C(c1cccc(Br)c1)N1C[C@@H]2C[C@H]1c1c(O)n(-c3cccc4ccccc34)c(=O)n12. The molecule has 6 nitrogen and oxygen atoms in total. The van der Waals surface area contributed by atoms with Gasteiger partial charge in [0.15, 0.2) is 0 Å². The molecule has 3 aromatic carbocycles. The molecule has 0 spiro atoms. The van der Waals surface area contributed by atoms with Crippen molar-refractivity contribution in [1.29, 1.82) is 0 Å². The summed E-state index contributed by atoms with van der Waals surface area (Å²) in [7, 11) is 0. The predicted octanol–water partition coefficient (Wildman–Crippen LogP) is 4.40. The highest BCUT2D eigenvalue weighted by Gasteiger charge is 2.49. The first-order chi connectivity index (χ1) is 15.0. The molecule has 0 radical (unpaired) electrons. The number of carbonyl (C=O) groups excluding carboxylic acids is 1. The van der Waals surface area contributed by atoms with Gasteiger partial charge in [-0.3, -0.25) is 9.36 Å². The summed E-state index contributed by atoms with van der Waals surface area (Å²) in [5, 5.41) is 13.1. The van der Waals surface area contributed by atoms with E-state index in [1.165, 1.54) is 4.57 Å². The Bertz CT molecular complexity index is 1430. The van der Waals surface area contributed by atoms with E-state index in [2.05, 4.69) is 15.9 Å². The Kier molecular flexibility index (Phi) is 3.92. The highest BCUT2D eigenvalue weighted by atomic mass is 79.9. The molecule has 2 aliphatic rings. The highest BCUT2D eigenvalue weighted by molar-refractivity contribution is 9.10. The molecule has 4 aromatic rings. The fraction of sp³-hybridized carbons (Fsp3) is 0.167. The smallest absolute Gasteiger partial charge is 0.336 e. The van der Waals surface area contributed by atoms with Crippen molar-refractivity contribution in [3.63, 3.8) is 0 Å². The number of hydrogen-bond donors (Lipinski definition) is 1. The topological polar surface area (TPSA) is 67.5 Å². The fourth-order valence-electron chi connectivity index (χ4n) is 5.08. The van der Waals surface area contributed by atoms with Crippen molar-refractivity contribution in [3.8, 4) is 11.6 Å². The van der Waals surface area contributed by atoms with E-state index in [4.69, 9.17) is 0 Å². The van der Waals surface area contributed by atoms with Crippen LogP contribution < -0.4 is 5.69 Å². The van der Waals surface area contributed by atoms with Crippen molar-refractivity contribution >= 4 is 32.6 Å². The van der Waals surface area contributed by atoms with Gasteiger partial charge in [-0.25, -0.2) is 9.36 Å². The second kappa shape index (κ2) is 6.59. The van der Waals surface area contributed by atoms with Crippen molar-refractivity contribution in [1.82, 2.24) is 14.0 Å². The summed E-state index contributed by atoms with van der Waals surface area (Å²) in [4.78, 5) is 28.3. The molecule has 31 heavy (non-hydrogen) atoms. The molecule has 7 heteroatoms. The summed E-state index contributed by atoms with van der Waals surface area (Å²) in [6.07, 6.45) is 0.647. The number of benzene rings is 3. The van der Waals surface area contributed by atoms with Gasteiger partial charge < -0.3 is 10.0 Å². The van der Waals surface area contributed by atoms with Gasteiger partial charge in [0.25, 0.3) is 5.91 Å². The number of nitrogens with zero attached hydrogens (tertiary/aromatic N) is 3. The van der Waals surface area contributed by atoms with E-state index in [1.807, 2.05) is 54.6 Å². The van der Waals surface area contributed by atoms with Crippen LogP contribution in [0.3, 0.4) is 0 Å². The van der Waals surface area contributed by atoms with Crippen molar-refractivity contribution in [2.24, 2.45) is 0 Å². The number of rotatable bonds is 2. The van der Waals surface area contributed by atoms with Gasteiger partial charge in [-0.05, 0) is 36.1 Å². The number of carbonyl (C=O) groups is 1. The lowest BCUT2D eigenvalue weighted by molar-refractivity contribution is 0.0711. The third-order valence-corrected chi connectivity index (χ3v) is 6.89. The van der Waals surface area contributed by atoms with Crippen LogP contribution in [0.25, 0.3) is 16.5 Å². The standard InChI is InChI=1S/C24H18BrN3O3/c25-16-8-3-7-15(11-16)22(29)26-13-17-12-20(26)21-23(30)28(24(31)27(17)21)19-10-4-6-14-5-1-2-9-18(14)19/h1-11,17,20,30H,12-13H2/t17-,20-/m0/s1. The molecule has 154 valence electrons. The molecular formula is C24H18BrN3O3. The minimum absolute atomic E-state index is 0.0828. The first kappa shape index (κ1) is 18.4. The number of aromatic nitrogens is 2. The van der Waals surface area contributed by atoms with E-state index < -0.39 is 0 Å². The maximum atomic E-state index is 13.4. The highest BCUT2D eigenvalue weighted by Crippen LogP contribution is 2.49. The third-order valence-electron chi connectivity index (χ3n) is 6.40. The molecule has 2 bridgehead atoms. The average Bonchev–Trinajstić information content (AvgIpc) is 3.44. The van der Waals surface area contributed by atoms with Crippen LogP contribution in [-0.4, -0.2) is 31.6 Å². The van der Waals surface area contributed by atoms with E-state index in [1.54, 1.807) is 21.6 Å². The fourth-order valence-corrected chi connectivity index (χ4v) is 5.48. The number of aromatic hydroxyl groups is 1. The second-order valence-corrected chi connectivity index (χ2v) is 8.98. The molecule has 2 atom stereocenters. The summed E-state index contributed by atoms with van der Waals surface area (Å²) in [5.41, 5.74) is 1.50. The Morgan fingerprint density at radius 2 is 1.81 bits per heavy atom. The van der Waals surface area contributed by atoms with E-state index in [0.29, 0.717) is 29.9 Å². The van der Waals surface area contributed by atoms with E-state index in [0.717, 1.165) is 15.2 Å². The molecule has 2 aliphatic heterocycles. The maximum Gasteiger partial charge on any atom is 0.336 e. The Morgan fingerprint density at radius 1 is 1.03 bits per heavy atom. The van der Waals surface area contributed by atoms with Crippen molar-refractivity contribution in [2.75, 3.05) is 6.54 Å². The minimum atomic E-state index is -0.319. The Labute approximate surface area is 186 Å². The quantitative estimate of drug-likeness (QED) is 0.467. The second-order valence-electron chi connectivity index (χ2n) is 8.07. The lowest BCUT2D eigenvalue weighted by Crippen LogP contribution is -2.37. The van der Waals surface area contributed by atoms with Gasteiger partial charge in [0.2, 0.25) is 5.88 Å². The van der Waals surface area contributed by atoms with Gasteiger partial charge in [0.1, 0.15) is 5.69 Å². The monoisotopic (exact) mass is 475 g/mol. The summed E-state index contributed by atoms with van der Waals surface area (Å²) < 4.78 is 3.89. The number of amides is 1. The van der Waals surface area contributed by atoms with Crippen LogP contribution in [-0.2, 0) is 0 Å². The number of likely N-dealkylation sites (tertiary alicyclic amines) is 1. The summed E-state index contributed by atoms with van der Waals surface area (Å²) >= 11 is 3.42. The Hall–Kier alpha value is -3.32. The van der Waals surface area contributed by atoms with Crippen LogP contribution in [0.5, 0.6) is 5.88 Å². The third kappa shape index (κ3) is 2.56. The van der Waals surface area contributed by atoms with Gasteiger partial charge >= 0.3 is 5.69 Å². The van der Waals surface area contributed by atoms with Crippen LogP contribution in [0.2, 0.25) is 0 Å². The molecule has 0 aliphatic carbocycles. The Balaban J connectivity index is 1.47. The van der Waals surface area contributed by atoms with Crippen LogP contribution in [0, 0.1) is 0 Å². The number of imidazole rings is 1. The number of halogens is 1. The van der Waals surface area contributed by atoms with Crippen LogP contribution in [0.4, 0.5) is 0 Å². The van der Waals surface area contributed by atoms with Crippen molar-refractivity contribution in [2.45, 2.75) is 18.5 Å². The predicted molar refractivity (Wildman–Crippen MR) is 121 cm³/mol. The van der Waals surface area contributed by atoms with Crippen LogP contribution in [0.15, 0.2) is 76.0 Å². The molecule has 1 amide bonds. The van der Waals surface area contributed by atoms with Gasteiger partial charge in [0, 0.05) is 22.0 Å². The average molecular weight is 476 g/mol. The normalized spacial score (nSPS) is 19.2. The minimum Gasteiger partial charge on any atom is -0.493 e. The van der Waals surface area contributed by atoms with Gasteiger partial charge in [0.05, 0.1) is 17.8 Å². The summed E-state index contributed by atoms with van der Waals surface area (Å²) in [5.74, 6) is -0.176. The molecule has 1 aromatic heterocycles. The number of fused-ring (bicyclic) bond motifs is 6. The van der Waals surface area contributed by atoms with Crippen molar-refractivity contribution in [3.05, 3.63) is 92.9 Å². The first-order valence-electron chi connectivity index (χ1n) is 10.2. The van der Waals surface area contributed by atoms with Crippen molar-refractivity contribution < 1.29 is 9.90 Å². The summed E-state index contributed by atoms with van der Waals surface area (Å²) in [6.45, 7) is 0.460. The first-order valence-corrected chi connectivity index (χ1v) is 10.9. The molecule has 1 saturated heterocycles. The van der Waals surface area contributed by atoms with E-state index >= 15 is 0 Å². The Morgan fingerprint density at radius 3 is 2.65 bits per heavy atom. The van der Waals surface area contributed by atoms with Gasteiger partial charge in [-0.1, -0.05) is 58.4 Å². The molecule has 1 fully saturated rings. The zero-order chi connectivity index (χ0) is 21.3. The van der Waals surface area contributed by atoms with E-state index in [9.17, 15) is 14.7 Å². The van der Waals surface area contributed by atoms with Gasteiger partial charge in [-0.15, -0.1) is 0 Å². The van der Waals surface area contributed by atoms with Gasteiger partial charge in [-0.2, -0.15) is 0 Å². The molecule has 3 heterocycles. The molecule has 6 rings (SSSR count). The van der Waals surface area contributed by atoms with E-state index in [-0.39, 0.29) is 29.6 Å². The molecule has 0 unspecified atom stereocenters. The number of hydrogen-bond acceptors (Lipinski definition) is 3. The van der Waals surface area contributed by atoms with Crippen LogP contribution >= 0.6 is 15.9 Å². The molecule has 0 saturated carbocycles. The summed E-state index contributed by atoms with van der Waals surface area (Å²) in [6, 6.07) is 20.3. The zero-order valence-corrected chi connectivity index (χ0v) is 18.0. The van der Waals surface area contributed by atoms with Crippen LogP contribution in [0.1, 0.15) is 34.6 Å². The molecular weight excluding hydrogens is 458 g/mol. The lowest BCUT2D eigenvalue weighted by Gasteiger charge is -2.27. The lowest BCUT2D eigenvalue weighted by atomic mass is 10.1. The maximum absolute atomic E-state index is 13.4.